The average Bonchev–Trinajstić information content (AvgIpc) is 2.93. The third-order valence-electron chi connectivity index (χ3n) is 2.34. The van der Waals surface area contributed by atoms with Crippen molar-refractivity contribution in [2.24, 2.45) is 5.73 Å². The molecule has 2 N–H and O–H groups in total. The monoisotopic (exact) mass is 295 g/mol. The number of rotatable bonds is 8. The predicted octanol–water partition coefficient (Wildman–Crippen LogP) is 2.10. The highest BCUT2D eigenvalue weighted by Gasteiger charge is 2.06. The Morgan fingerprint density at radius 3 is 2.60 bits per heavy atom. The van der Waals surface area contributed by atoms with E-state index in [-0.39, 0.29) is 6.54 Å². The van der Waals surface area contributed by atoms with Crippen LogP contribution in [0.3, 0.4) is 0 Å². The molecule has 7 heteroatoms. The van der Waals surface area contributed by atoms with Gasteiger partial charge in [-0.1, -0.05) is 23.9 Å². The molecule has 1 aromatic carbocycles. The van der Waals surface area contributed by atoms with E-state index in [1.807, 2.05) is 31.2 Å². The summed E-state index contributed by atoms with van der Waals surface area (Å²) < 4.78 is 16.5. The van der Waals surface area contributed by atoms with Crippen LogP contribution in [-0.4, -0.2) is 29.2 Å². The van der Waals surface area contributed by atoms with E-state index in [0.717, 1.165) is 11.5 Å². The largest absolute Gasteiger partial charge is 0.490 e. The molecule has 0 spiro atoms. The zero-order valence-electron chi connectivity index (χ0n) is 11.2. The highest BCUT2D eigenvalue weighted by Crippen LogP contribution is 2.26. The average molecular weight is 295 g/mol. The number of benzene rings is 1. The van der Waals surface area contributed by atoms with Gasteiger partial charge in [0.25, 0.3) is 5.22 Å². The van der Waals surface area contributed by atoms with E-state index in [1.54, 1.807) is 0 Å². The third-order valence-corrected chi connectivity index (χ3v) is 3.12. The summed E-state index contributed by atoms with van der Waals surface area (Å²) in [5.41, 5.74) is 5.40. The van der Waals surface area contributed by atoms with E-state index in [0.29, 0.717) is 30.1 Å². The Labute approximate surface area is 121 Å². The first-order chi connectivity index (χ1) is 9.83. The Bertz CT molecular complexity index is 533. The summed E-state index contributed by atoms with van der Waals surface area (Å²) in [6, 6.07) is 7.60. The number of para-hydroxylation sites is 2. The molecule has 0 fully saturated rings. The van der Waals surface area contributed by atoms with Gasteiger partial charge in [-0.3, -0.25) is 0 Å². The fourth-order valence-electron chi connectivity index (χ4n) is 1.50. The topological polar surface area (TPSA) is 83.4 Å². The molecule has 1 aromatic heterocycles. The van der Waals surface area contributed by atoms with Crippen LogP contribution in [0.2, 0.25) is 0 Å². The second-order valence-electron chi connectivity index (χ2n) is 3.74. The van der Waals surface area contributed by atoms with Gasteiger partial charge in [-0.15, -0.1) is 10.2 Å². The molecule has 0 aliphatic carbocycles. The molecule has 108 valence electrons. The molecule has 2 aromatic rings. The van der Waals surface area contributed by atoms with Gasteiger partial charge in [-0.2, -0.15) is 0 Å². The molecule has 0 saturated carbocycles. The lowest BCUT2D eigenvalue weighted by Crippen LogP contribution is -2.02. The van der Waals surface area contributed by atoms with Crippen LogP contribution in [0.25, 0.3) is 0 Å². The van der Waals surface area contributed by atoms with Crippen molar-refractivity contribution in [1.29, 1.82) is 0 Å². The lowest BCUT2D eigenvalue weighted by Gasteiger charge is -2.10. The SMILES string of the molecule is CCOc1ccccc1OCCSc1nnc(CN)o1. The molecule has 0 aliphatic heterocycles. The van der Waals surface area contributed by atoms with Crippen molar-refractivity contribution in [3.8, 4) is 11.5 Å². The Balaban J connectivity index is 1.78. The predicted molar refractivity (Wildman–Crippen MR) is 76.0 cm³/mol. The van der Waals surface area contributed by atoms with Crippen molar-refractivity contribution in [1.82, 2.24) is 10.2 Å². The number of nitrogens with zero attached hydrogens (tertiary/aromatic N) is 2. The zero-order chi connectivity index (χ0) is 14.2. The number of aromatic nitrogens is 2. The fraction of sp³-hybridized carbons (Fsp3) is 0.385. The van der Waals surface area contributed by atoms with Gasteiger partial charge < -0.3 is 19.6 Å². The summed E-state index contributed by atoms with van der Waals surface area (Å²) in [5.74, 6) is 2.63. The van der Waals surface area contributed by atoms with Gasteiger partial charge in [0.2, 0.25) is 5.89 Å². The summed E-state index contributed by atoms with van der Waals surface area (Å²) in [4.78, 5) is 0. The van der Waals surface area contributed by atoms with Crippen molar-refractivity contribution >= 4 is 11.8 Å². The second-order valence-corrected chi connectivity index (χ2v) is 4.79. The Hall–Kier alpha value is -1.73. The summed E-state index contributed by atoms with van der Waals surface area (Å²) in [7, 11) is 0. The minimum Gasteiger partial charge on any atom is -0.490 e. The number of thioether (sulfide) groups is 1. The lowest BCUT2D eigenvalue weighted by molar-refractivity contribution is 0.289. The molecule has 0 saturated heterocycles. The fourth-order valence-corrected chi connectivity index (χ4v) is 2.10. The number of nitrogens with two attached hydrogens (primary N) is 1. The van der Waals surface area contributed by atoms with Crippen LogP contribution in [0.4, 0.5) is 0 Å². The van der Waals surface area contributed by atoms with Gasteiger partial charge in [-0.05, 0) is 19.1 Å². The van der Waals surface area contributed by atoms with E-state index in [9.17, 15) is 0 Å². The molecule has 0 amide bonds. The highest BCUT2D eigenvalue weighted by atomic mass is 32.2. The number of hydrogen-bond donors (Lipinski definition) is 1. The molecule has 0 bridgehead atoms. The molecule has 0 atom stereocenters. The number of ether oxygens (including phenoxy) is 2. The van der Waals surface area contributed by atoms with E-state index < -0.39 is 0 Å². The maximum Gasteiger partial charge on any atom is 0.276 e. The molecular weight excluding hydrogens is 278 g/mol. The smallest absolute Gasteiger partial charge is 0.276 e. The summed E-state index contributed by atoms with van der Waals surface area (Å²) >= 11 is 1.43. The van der Waals surface area contributed by atoms with E-state index in [1.165, 1.54) is 11.8 Å². The maximum atomic E-state index is 5.68. The first kappa shape index (κ1) is 14.7. The van der Waals surface area contributed by atoms with Gasteiger partial charge in [0.1, 0.15) is 0 Å². The molecule has 2 rings (SSSR count). The maximum absolute atomic E-state index is 5.68. The van der Waals surface area contributed by atoms with Crippen molar-refractivity contribution in [3.63, 3.8) is 0 Å². The van der Waals surface area contributed by atoms with E-state index in [4.69, 9.17) is 19.6 Å². The summed E-state index contributed by atoms with van der Waals surface area (Å²) in [6.07, 6.45) is 0. The normalized spacial score (nSPS) is 10.5. The first-order valence-electron chi connectivity index (χ1n) is 6.33. The van der Waals surface area contributed by atoms with Gasteiger partial charge in [0.15, 0.2) is 11.5 Å². The minimum absolute atomic E-state index is 0.256. The molecule has 20 heavy (non-hydrogen) atoms. The third kappa shape index (κ3) is 4.14. The lowest BCUT2D eigenvalue weighted by atomic mass is 10.3. The zero-order valence-corrected chi connectivity index (χ0v) is 12.1. The molecule has 1 heterocycles. The van der Waals surface area contributed by atoms with E-state index in [2.05, 4.69) is 10.2 Å². The van der Waals surface area contributed by atoms with Gasteiger partial charge in [0, 0.05) is 5.75 Å². The van der Waals surface area contributed by atoms with Crippen LogP contribution in [-0.2, 0) is 6.54 Å². The van der Waals surface area contributed by atoms with Crippen molar-refractivity contribution < 1.29 is 13.9 Å². The van der Waals surface area contributed by atoms with Crippen molar-refractivity contribution in [2.45, 2.75) is 18.7 Å². The highest BCUT2D eigenvalue weighted by molar-refractivity contribution is 7.99. The number of hydrogen-bond acceptors (Lipinski definition) is 7. The van der Waals surface area contributed by atoms with Crippen LogP contribution in [0.1, 0.15) is 12.8 Å². The van der Waals surface area contributed by atoms with Crippen molar-refractivity contribution in [3.05, 3.63) is 30.2 Å². The molecular formula is C13H17N3O3S. The quantitative estimate of drug-likeness (QED) is 0.589. The molecule has 6 nitrogen and oxygen atoms in total. The van der Waals surface area contributed by atoms with Crippen molar-refractivity contribution in [2.75, 3.05) is 19.0 Å². The Morgan fingerprint density at radius 1 is 1.20 bits per heavy atom. The first-order valence-corrected chi connectivity index (χ1v) is 7.32. The standard InChI is InChI=1S/C13H17N3O3S/c1-2-17-10-5-3-4-6-11(10)18-7-8-20-13-16-15-12(9-14)19-13/h3-6H,2,7-9,14H2,1H3. The van der Waals surface area contributed by atoms with Crippen LogP contribution in [0, 0.1) is 0 Å². The molecule has 0 unspecified atom stereocenters. The van der Waals surface area contributed by atoms with Crippen LogP contribution in [0.15, 0.2) is 33.9 Å². The summed E-state index contributed by atoms with van der Waals surface area (Å²) in [6.45, 7) is 3.33. The second kappa shape index (κ2) is 7.76. The van der Waals surface area contributed by atoms with Crippen LogP contribution < -0.4 is 15.2 Å². The molecule has 0 radical (unpaired) electrons. The van der Waals surface area contributed by atoms with Gasteiger partial charge >= 0.3 is 0 Å². The Kier molecular flexibility index (Phi) is 5.69. The summed E-state index contributed by atoms with van der Waals surface area (Å²) in [5, 5.41) is 8.16. The van der Waals surface area contributed by atoms with Gasteiger partial charge in [-0.25, -0.2) is 0 Å². The van der Waals surface area contributed by atoms with E-state index >= 15 is 0 Å². The van der Waals surface area contributed by atoms with Crippen LogP contribution >= 0.6 is 11.8 Å². The van der Waals surface area contributed by atoms with Crippen LogP contribution in [0.5, 0.6) is 11.5 Å². The molecule has 0 aliphatic rings. The minimum atomic E-state index is 0.256. The Morgan fingerprint density at radius 2 is 1.95 bits per heavy atom. The van der Waals surface area contributed by atoms with Gasteiger partial charge in [0.05, 0.1) is 19.8 Å².